The SMILES string of the molecule is Nc1c(C(=O)Nc2ccccc2)c(-c2ccccc2)nn1-c1ccc([N+](=O)[O-])cc1. The number of nitrogens with zero attached hydrogens (tertiary/aromatic N) is 3. The maximum absolute atomic E-state index is 13.1. The molecule has 0 bridgehead atoms. The molecule has 30 heavy (non-hydrogen) atoms. The lowest BCUT2D eigenvalue weighted by Gasteiger charge is -2.07. The summed E-state index contributed by atoms with van der Waals surface area (Å²) in [5, 5.41) is 18.3. The number of nitro benzene ring substituents is 1. The highest BCUT2D eigenvalue weighted by molar-refractivity contribution is 6.11. The summed E-state index contributed by atoms with van der Waals surface area (Å²) in [5.74, 6) is -0.262. The number of non-ortho nitro benzene ring substituents is 1. The van der Waals surface area contributed by atoms with E-state index >= 15 is 0 Å². The van der Waals surface area contributed by atoms with Crippen LogP contribution in [0.25, 0.3) is 16.9 Å². The minimum atomic E-state index is -0.482. The molecular weight excluding hydrogens is 382 g/mol. The second-order valence-corrected chi connectivity index (χ2v) is 6.48. The molecule has 1 aromatic heterocycles. The number of hydrogen-bond donors (Lipinski definition) is 2. The summed E-state index contributed by atoms with van der Waals surface area (Å²) in [6.07, 6.45) is 0. The van der Waals surface area contributed by atoms with Gasteiger partial charge in [-0.2, -0.15) is 5.10 Å². The maximum Gasteiger partial charge on any atom is 0.269 e. The Morgan fingerprint density at radius 3 is 2.13 bits per heavy atom. The highest BCUT2D eigenvalue weighted by Crippen LogP contribution is 2.30. The molecule has 0 aliphatic heterocycles. The van der Waals surface area contributed by atoms with Gasteiger partial charge >= 0.3 is 0 Å². The van der Waals surface area contributed by atoms with Gasteiger partial charge in [-0.25, -0.2) is 4.68 Å². The smallest absolute Gasteiger partial charge is 0.269 e. The van der Waals surface area contributed by atoms with Crippen LogP contribution in [0.5, 0.6) is 0 Å². The molecule has 148 valence electrons. The summed E-state index contributed by atoms with van der Waals surface area (Å²) in [7, 11) is 0. The fraction of sp³-hybridized carbons (Fsp3) is 0. The zero-order valence-corrected chi connectivity index (χ0v) is 15.7. The predicted molar refractivity (Wildman–Crippen MR) is 114 cm³/mol. The van der Waals surface area contributed by atoms with Gasteiger partial charge in [0.1, 0.15) is 17.1 Å². The summed E-state index contributed by atoms with van der Waals surface area (Å²) in [6.45, 7) is 0. The Morgan fingerprint density at radius 2 is 1.53 bits per heavy atom. The van der Waals surface area contributed by atoms with E-state index in [0.29, 0.717) is 17.1 Å². The number of carbonyl (C=O) groups excluding carboxylic acids is 1. The summed E-state index contributed by atoms with van der Waals surface area (Å²) < 4.78 is 1.41. The summed E-state index contributed by atoms with van der Waals surface area (Å²) in [5.41, 5.74) is 8.79. The molecule has 4 rings (SSSR count). The van der Waals surface area contributed by atoms with Gasteiger partial charge in [-0.05, 0) is 24.3 Å². The van der Waals surface area contributed by atoms with Crippen LogP contribution in [-0.2, 0) is 0 Å². The van der Waals surface area contributed by atoms with Crippen molar-refractivity contribution in [3.8, 4) is 16.9 Å². The molecule has 8 nitrogen and oxygen atoms in total. The lowest BCUT2D eigenvalue weighted by atomic mass is 10.1. The van der Waals surface area contributed by atoms with Gasteiger partial charge in [-0.15, -0.1) is 0 Å². The van der Waals surface area contributed by atoms with Crippen molar-refractivity contribution in [1.29, 1.82) is 0 Å². The monoisotopic (exact) mass is 399 g/mol. The summed E-state index contributed by atoms with van der Waals surface area (Å²) in [4.78, 5) is 23.5. The Balaban J connectivity index is 1.81. The Morgan fingerprint density at radius 1 is 0.933 bits per heavy atom. The molecule has 0 aliphatic rings. The molecule has 0 fully saturated rings. The topological polar surface area (TPSA) is 116 Å². The van der Waals surface area contributed by atoms with Crippen LogP contribution in [0.3, 0.4) is 0 Å². The third kappa shape index (κ3) is 3.61. The quantitative estimate of drug-likeness (QED) is 0.384. The third-order valence-electron chi connectivity index (χ3n) is 4.53. The van der Waals surface area contributed by atoms with Crippen LogP contribution in [0.15, 0.2) is 84.9 Å². The molecule has 1 amide bonds. The number of benzene rings is 3. The van der Waals surface area contributed by atoms with Crippen LogP contribution in [0, 0.1) is 10.1 Å². The molecule has 0 aliphatic carbocycles. The molecule has 0 radical (unpaired) electrons. The van der Waals surface area contributed by atoms with Gasteiger partial charge in [-0.1, -0.05) is 48.5 Å². The fourth-order valence-corrected chi connectivity index (χ4v) is 3.08. The van der Waals surface area contributed by atoms with E-state index in [1.165, 1.54) is 28.9 Å². The number of carbonyl (C=O) groups is 1. The molecular formula is C22H17N5O3. The van der Waals surface area contributed by atoms with Crippen molar-refractivity contribution >= 4 is 23.1 Å². The average Bonchev–Trinajstić information content (AvgIpc) is 3.12. The van der Waals surface area contributed by atoms with E-state index < -0.39 is 10.8 Å². The number of nitrogen functional groups attached to an aromatic ring is 1. The second-order valence-electron chi connectivity index (χ2n) is 6.48. The van der Waals surface area contributed by atoms with Crippen molar-refractivity contribution in [2.75, 3.05) is 11.1 Å². The summed E-state index contributed by atoms with van der Waals surface area (Å²) >= 11 is 0. The van der Waals surface area contributed by atoms with E-state index in [-0.39, 0.29) is 17.1 Å². The first-order chi connectivity index (χ1) is 14.5. The van der Waals surface area contributed by atoms with Crippen molar-refractivity contribution in [2.24, 2.45) is 0 Å². The fourth-order valence-electron chi connectivity index (χ4n) is 3.08. The van der Waals surface area contributed by atoms with Gasteiger partial charge in [0.2, 0.25) is 0 Å². The molecule has 0 saturated heterocycles. The third-order valence-corrected chi connectivity index (χ3v) is 4.53. The zero-order valence-electron chi connectivity index (χ0n) is 15.7. The van der Waals surface area contributed by atoms with Crippen LogP contribution in [0.4, 0.5) is 17.2 Å². The Labute approximate surface area is 171 Å². The molecule has 4 aromatic rings. The van der Waals surface area contributed by atoms with Crippen LogP contribution >= 0.6 is 0 Å². The lowest BCUT2D eigenvalue weighted by molar-refractivity contribution is -0.384. The van der Waals surface area contributed by atoms with Crippen LogP contribution in [-0.4, -0.2) is 20.6 Å². The number of aromatic nitrogens is 2. The predicted octanol–water partition coefficient (Wildman–Crippen LogP) is 4.28. The Hall–Kier alpha value is -4.46. The number of anilines is 2. The molecule has 8 heteroatoms. The van der Waals surface area contributed by atoms with E-state index in [2.05, 4.69) is 10.4 Å². The zero-order chi connectivity index (χ0) is 21.1. The maximum atomic E-state index is 13.1. The molecule has 0 spiro atoms. The molecule has 0 unspecified atom stereocenters. The standard InChI is InChI=1S/C22H17N5O3/c23-21-19(22(28)24-16-9-5-2-6-10-16)20(15-7-3-1-4-8-15)25-26(21)17-11-13-18(14-12-17)27(29)30/h1-14H,23H2,(H,24,28). The van der Waals surface area contributed by atoms with E-state index in [9.17, 15) is 14.9 Å². The number of hydrogen-bond acceptors (Lipinski definition) is 5. The number of para-hydroxylation sites is 1. The van der Waals surface area contributed by atoms with Gasteiger partial charge in [0.15, 0.2) is 0 Å². The van der Waals surface area contributed by atoms with Crippen LogP contribution in [0.1, 0.15) is 10.4 Å². The normalized spacial score (nSPS) is 10.5. The van der Waals surface area contributed by atoms with E-state index in [1.54, 1.807) is 12.1 Å². The lowest BCUT2D eigenvalue weighted by Crippen LogP contribution is -2.14. The van der Waals surface area contributed by atoms with Gasteiger partial charge < -0.3 is 11.1 Å². The molecule has 3 aromatic carbocycles. The summed E-state index contributed by atoms with van der Waals surface area (Å²) in [6, 6.07) is 24.1. The number of rotatable bonds is 5. The molecule has 0 atom stereocenters. The molecule has 1 heterocycles. The van der Waals surface area contributed by atoms with Crippen molar-refractivity contribution in [3.63, 3.8) is 0 Å². The second kappa shape index (κ2) is 7.88. The Bertz CT molecular complexity index is 1200. The first-order valence-corrected chi connectivity index (χ1v) is 9.10. The number of amides is 1. The molecule has 3 N–H and O–H groups in total. The highest BCUT2D eigenvalue weighted by Gasteiger charge is 2.24. The minimum absolute atomic E-state index is 0.0465. The van der Waals surface area contributed by atoms with Gasteiger partial charge in [-0.3, -0.25) is 14.9 Å². The number of nitro groups is 1. The minimum Gasteiger partial charge on any atom is -0.383 e. The highest BCUT2D eigenvalue weighted by atomic mass is 16.6. The van der Waals surface area contributed by atoms with E-state index in [4.69, 9.17) is 5.73 Å². The van der Waals surface area contributed by atoms with Crippen molar-refractivity contribution in [2.45, 2.75) is 0 Å². The van der Waals surface area contributed by atoms with Crippen LogP contribution < -0.4 is 11.1 Å². The van der Waals surface area contributed by atoms with E-state index in [1.807, 2.05) is 48.5 Å². The first kappa shape index (κ1) is 18.9. The Kier molecular flexibility index (Phi) is 4.96. The van der Waals surface area contributed by atoms with Crippen LogP contribution in [0.2, 0.25) is 0 Å². The van der Waals surface area contributed by atoms with Crippen molar-refractivity contribution < 1.29 is 9.72 Å². The largest absolute Gasteiger partial charge is 0.383 e. The van der Waals surface area contributed by atoms with E-state index in [0.717, 1.165) is 5.56 Å². The van der Waals surface area contributed by atoms with Gasteiger partial charge in [0, 0.05) is 23.4 Å². The molecule has 0 saturated carbocycles. The van der Waals surface area contributed by atoms with Crippen molar-refractivity contribution in [3.05, 3.63) is 101 Å². The number of nitrogens with two attached hydrogens (primary N) is 1. The van der Waals surface area contributed by atoms with Crippen molar-refractivity contribution in [1.82, 2.24) is 9.78 Å². The number of nitrogens with one attached hydrogen (secondary N) is 1. The van der Waals surface area contributed by atoms with Gasteiger partial charge in [0.25, 0.3) is 11.6 Å². The average molecular weight is 399 g/mol. The van der Waals surface area contributed by atoms with Gasteiger partial charge in [0.05, 0.1) is 10.6 Å². The first-order valence-electron chi connectivity index (χ1n) is 9.10.